The van der Waals surface area contributed by atoms with Crippen molar-refractivity contribution >= 4 is 32.4 Å². The Kier molecular flexibility index (Phi) is 2.67. The zero-order chi connectivity index (χ0) is 9.35. The zero-order valence-electron chi connectivity index (χ0n) is 6.57. The third kappa shape index (κ3) is 2.13. The maximum atomic E-state index is 11.0. The lowest BCUT2D eigenvalue weighted by molar-refractivity contribution is 0.592. The van der Waals surface area contributed by atoms with E-state index in [1.54, 1.807) is 6.92 Å². The molecule has 6 heteroatoms. The molecule has 1 aromatic heterocycles. The van der Waals surface area contributed by atoms with Gasteiger partial charge >= 0.3 is 0 Å². The quantitative estimate of drug-likeness (QED) is 0.568. The first-order valence-corrected chi connectivity index (χ1v) is 6.07. The summed E-state index contributed by atoms with van der Waals surface area (Å²) in [4.78, 5) is 7.54. The Morgan fingerprint density at radius 2 is 2.08 bits per heavy atom. The average Bonchev–Trinajstić information content (AvgIpc) is 1.92. The average molecular weight is 298 g/mol. The second-order valence-corrected chi connectivity index (χ2v) is 5.43. The molecule has 1 aromatic rings. The van der Waals surface area contributed by atoms with Gasteiger partial charge in [0.25, 0.3) is 0 Å². The van der Waals surface area contributed by atoms with Crippen molar-refractivity contribution in [1.29, 1.82) is 0 Å². The number of nitrogens with zero attached hydrogens (tertiary/aromatic N) is 2. The van der Waals surface area contributed by atoms with Gasteiger partial charge in [0.05, 0.1) is 9.26 Å². The largest absolute Gasteiger partial charge is 0.247 e. The highest BCUT2D eigenvalue weighted by molar-refractivity contribution is 14.1. The Balaban J connectivity index is 3.33. The van der Waals surface area contributed by atoms with Crippen molar-refractivity contribution in [2.75, 3.05) is 6.26 Å². The fourth-order valence-electron chi connectivity index (χ4n) is 0.610. The molecule has 0 bridgehead atoms. The van der Waals surface area contributed by atoms with E-state index in [0.29, 0.717) is 5.69 Å². The molecule has 0 spiro atoms. The van der Waals surface area contributed by atoms with Gasteiger partial charge in [-0.15, -0.1) is 0 Å². The van der Waals surface area contributed by atoms with E-state index in [-0.39, 0.29) is 5.16 Å². The van der Waals surface area contributed by atoms with E-state index in [1.807, 2.05) is 22.6 Å². The molecule has 0 aliphatic heterocycles. The predicted octanol–water partition coefficient (Wildman–Crippen LogP) is 0.793. The Labute approximate surface area is 84.5 Å². The summed E-state index contributed by atoms with van der Waals surface area (Å²) >= 11 is 2.05. The van der Waals surface area contributed by atoms with E-state index in [1.165, 1.54) is 6.20 Å². The summed E-state index contributed by atoms with van der Waals surface area (Å²) < 4.78 is 22.8. The van der Waals surface area contributed by atoms with Gasteiger partial charge in [-0.25, -0.2) is 18.4 Å². The summed E-state index contributed by atoms with van der Waals surface area (Å²) in [5, 5.41) is -0.111. The van der Waals surface area contributed by atoms with Crippen LogP contribution in [-0.2, 0) is 9.84 Å². The van der Waals surface area contributed by atoms with Crippen LogP contribution in [0, 0.1) is 10.5 Å². The zero-order valence-corrected chi connectivity index (χ0v) is 9.55. The van der Waals surface area contributed by atoms with E-state index in [4.69, 9.17) is 0 Å². The van der Waals surface area contributed by atoms with Crippen LogP contribution in [0.5, 0.6) is 0 Å². The number of hydrogen-bond acceptors (Lipinski definition) is 4. The molecule has 0 radical (unpaired) electrons. The molecule has 0 saturated carbocycles. The van der Waals surface area contributed by atoms with Crippen molar-refractivity contribution in [3.63, 3.8) is 0 Å². The molecule has 1 rings (SSSR count). The normalized spacial score (nSPS) is 11.6. The van der Waals surface area contributed by atoms with Crippen LogP contribution in [0.1, 0.15) is 5.69 Å². The SMILES string of the molecule is Cc1nc(S(C)(=O)=O)ncc1I. The van der Waals surface area contributed by atoms with E-state index >= 15 is 0 Å². The van der Waals surface area contributed by atoms with Crippen molar-refractivity contribution in [3.05, 3.63) is 15.5 Å². The highest BCUT2D eigenvalue weighted by atomic mass is 127. The van der Waals surface area contributed by atoms with Crippen molar-refractivity contribution in [3.8, 4) is 0 Å². The van der Waals surface area contributed by atoms with Crippen molar-refractivity contribution in [2.24, 2.45) is 0 Å². The first-order chi connectivity index (χ1) is 5.41. The summed E-state index contributed by atoms with van der Waals surface area (Å²) in [6, 6.07) is 0. The highest BCUT2D eigenvalue weighted by Crippen LogP contribution is 2.09. The summed E-state index contributed by atoms with van der Waals surface area (Å²) in [6.07, 6.45) is 2.59. The minimum Gasteiger partial charge on any atom is -0.226 e. The Bertz CT molecular complexity index is 402. The van der Waals surface area contributed by atoms with Gasteiger partial charge in [-0.05, 0) is 29.5 Å². The van der Waals surface area contributed by atoms with Crippen LogP contribution in [0.15, 0.2) is 11.4 Å². The molecule has 1 heterocycles. The van der Waals surface area contributed by atoms with Gasteiger partial charge in [0, 0.05) is 12.5 Å². The monoisotopic (exact) mass is 298 g/mol. The Hall–Kier alpha value is -0.240. The number of sulfone groups is 1. The van der Waals surface area contributed by atoms with Crippen LogP contribution in [0.2, 0.25) is 0 Å². The molecule has 66 valence electrons. The fourth-order valence-corrected chi connectivity index (χ4v) is 1.42. The molecule has 0 aliphatic carbocycles. The number of aryl methyl sites for hydroxylation is 1. The smallest absolute Gasteiger partial charge is 0.226 e. The molecule has 12 heavy (non-hydrogen) atoms. The van der Waals surface area contributed by atoms with Crippen LogP contribution in [-0.4, -0.2) is 24.6 Å². The van der Waals surface area contributed by atoms with Gasteiger partial charge in [0.15, 0.2) is 0 Å². The van der Waals surface area contributed by atoms with Gasteiger partial charge in [0.2, 0.25) is 15.0 Å². The second-order valence-electron chi connectivity index (χ2n) is 2.36. The first kappa shape index (κ1) is 9.85. The Morgan fingerprint density at radius 1 is 1.50 bits per heavy atom. The first-order valence-electron chi connectivity index (χ1n) is 3.10. The maximum Gasteiger partial charge on any atom is 0.247 e. The predicted molar refractivity (Wildman–Crippen MR) is 52.6 cm³/mol. The van der Waals surface area contributed by atoms with Gasteiger partial charge in [-0.3, -0.25) is 0 Å². The molecular formula is C6H7IN2O2S. The van der Waals surface area contributed by atoms with E-state index in [0.717, 1.165) is 9.83 Å². The standard InChI is InChI=1S/C6H7IN2O2S/c1-4-5(7)3-8-6(9-4)12(2,10)11/h3H,1-2H3. The molecule has 0 aliphatic rings. The highest BCUT2D eigenvalue weighted by Gasteiger charge is 2.11. The van der Waals surface area contributed by atoms with E-state index in [9.17, 15) is 8.42 Å². The minimum atomic E-state index is -3.27. The van der Waals surface area contributed by atoms with Crippen molar-refractivity contribution in [1.82, 2.24) is 9.97 Å². The topological polar surface area (TPSA) is 59.9 Å². The summed E-state index contributed by atoms with van der Waals surface area (Å²) in [6.45, 7) is 1.75. The van der Waals surface area contributed by atoms with Crippen LogP contribution in [0.4, 0.5) is 0 Å². The molecule has 0 saturated heterocycles. The molecular weight excluding hydrogens is 291 g/mol. The van der Waals surface area contributed by atoms with Gasteiger partial charge in [0.1, 0.15) is 0 Å². The van der Waals surface area contributed by atoms with Crippen molar-refractivity contribution < 1.29 is 8.42 Å². The lowest BCUT2D eigenvalue weighted by Gasteiger charge is -1.98. The number of aromatic nitrogens is 2. The molecule has 0 atom stereocenters. The van der Waals surface area contributed by atoms with Gasteiger partial charge in [-0.2, -0.15) is 0 Å². The number of hydrogen-bond donors (Lipinski definition) is 0. The lowest BCUT2D eigenvalue weighted by atomic mass is 10.5. The van der Waals surface area contributed by atoms with E-state index < -0.39 is 9.84 Å². The van der Waals surface area contributed by atoms with Gasteiger partial charge < -0.3 is 0 Å². The maximum absolute atomic E-state index is 11.0. The third-order valence-corrected chi connectivity index (χ3v) is 3.15. The van der Waals surface area contributed by atoms with Crippen LogP contribution < -0.4 is 0 Å². The third-order valence-electron chi connectivity index (χ3n) is 1.23. The van der Waals surface area contributed by atoms with Crippen LogP contribution >= 0.6 is 22.6 Å². The minimum absolute atomic E-state index is 0.111. The van der Waals surface area contributed by atoms with Crippen LogP contribution in [0.3, 0.4) is 0 Å². The molecule has 0 N–H and O–H groups in total. The molecule has 0 fully saturated rings. The summed E-state index contributed by atoms with van der Waals surface area (Å²) in [5.74, 6) is 0. The second kappa shape index (κ2) is 3.25. The lowest BCUT2D eigenvalue weighted by Crippen LogP contribution is -2.05. The van der Waals surface area contributed by atoms with Crippen LogP contribution in [0.25, 0.3) is 0 Å². The summed E-state index contributed by atoms with van der Waals surface area (Å²) in [5.41, 5.74) is 0.686. The summed E-state index contributed by atoms with van der Waals surface area (Å²) in [7, 11) is -3.27. The Morgan fingerprint density at radius 3 is 2.50 bits per heavy atom. The van der Waals surface area contributed by atoms with Gasteiger partial charge in [-0.1, -0.05) is 0 Å². The molecule has 0 aromatic carbocycles. The fraction of sp³-hybridized carbons (Fsp3) is 0.333. The molecule has 0 unspecified atom stereocenters. The van der Waals surface area contributed by atoms with E-state index in [2.05, 4.69) is 9.97 Å². The molecule has 0 amide bonds. The number of halogens is 1. The van der Waals surface area contributed by atoms with Crippen molar-refractivity contribution in [2.45, 2.75) is 12.1 Å². The molecule has 4 nitrogen and oxygen atoms in total. The number of rotatable bonds is 1.